The Morgan fingerprint density at radius 3 is 1.95 bits per heavy atom. The van der Waals surface area contributed by atoms with Crippen LogP contribution in [0.5, 0.6) is 0 Å². The molecule has 0 fully saturated rings. The molecule has 3 heteroatoms. The molecule has 0 unspecified atom stereocenters. The molecule has 2 aromatic carbocycles. The van der Waals surface area contributed by atoms with Gasteiger partial charge in [0, 0.05) is 6.08 Å². The largest absolute Gasteiger partial charge is 0.478 e. The summed E-state index contributed by atoms with van der Waals surface area (Å²) in [6.45, 7) is 1.96. The highest BCUT2D eigenvalue weighted by Gasteiger charge is 2.07. The summed E-state index contributed by atoms with van der Waals surface area (Å²) in [6.07, 6.45) is 1.14. The normalized spacial score (nSPS) is 11.4. The molecule has 2 aromatic rings. The summed E-state index contributed by atoms with van der Waals surface area (Å²) in [6, 6.07) is 13.3. The summed E-state index contributed by atoms with van der Waals surface area (Å²) in [5, 5.41) is 8.97. The van der Waals surface area contributed by atoms with Gasteiger partial charge in [0.2, 0.25) is 0 Å². The molecule has 0 saturated heterocycles. The lowest BCUT2D eigenvalue weighted by molar-refractivity contribution is -0.131. The van der Waals surface area contributed by atoms with Gasteiger partial charge in [-0.05, 0) is 35.8 Å². The fourth-order valence-electron chi connectivity index (χ4n) is 1.82. The predicted octanol–water partition coefficient (Wildman–Crippen LogP) is 3.65. The maximum atomic E-state index is 12.9. The molecule has 0 aliphatic heterocycles. The highest BCUT2D eigenvalue weighted by atomic mass is 19.1. The molecule has 0 heterocycles. The van der Waals surface area contributed by atoms with E-state index in [1.54, 1.807) is 12.1 Å². The van der Waals surface area contributed by atoms with E-state index in [0.29, 0.717) is 11.1 Å². The van der Waals surface area contributed by atoms with E-state index in [9.17, 15) is 9.18 Å². The number of carboxylic acids is 1. The van der Waals surface area contributed by atoms with E-state index >= 15 is 0 Å². The maximum absolute atomic E-state index is 12.9. The van der Waals surface area contributed by atoms with E-state index in [2.05, 4.69) is 0 Å². The van der Waals surface area contributed by atoms with Crippen molar-refractivity contribution in [3.63, 3.8) is 0 Å². The Balaban J connectivity index is 2.50. The number of aliphatic carboxylic acids is 1. The first-order valence-electron chi connectivity index (χ1n) is 5.84. The minimum absolute atomic E-state index is 0.345. The number of halogens is 1. The molecule has 2 rings (SSSR count). The molecule has 0 aliphatic carbocycles. The molecule has 0 spiro atoms. The lowest BCUT2D eigenvalue weighted by atomic mass is 9.97. The zero-order valence-corrected chi connectivity index (χ0v) is 10.4. The van der Waals surface area contributed by atoms with Crippen molar-refractivity contribution >= 4 is 11.5 Å². The molecule has 2 nitrogen and oxygen atoms in total. The van der Waals surface area contributed by atoms with Gasteiger partial charge in [-0.2, -0.15) is 0 Å². The molecule has 0 radical (unpaired) electrons. The lowest BCUT2D eigenvalue weighted by Gasteiger charge is -2.08. The summed E-state index contributed by atoms with van der Waals surface area (Å²) in [5.74, 6) is -1.37. The minimum Gasteiger partial charge on any atom is -0.478 e. The fourth-order valence-corrected chi connectivity index (χ4v) is 1.82. The van der Waals surface area contributed by atoms with Gasteiger partial charge in [0.1, 0.15) is 5.82 Å². The van der Waals surface area contributed by atoms with Crippen molar-refractivity contribution in [2.75, 3.05) is 0 Å². The molecule has 96 valence electrons. The fraction of sp³-hybridized carbons (Fsp3) is 0.0625. The van der Waals surface area contributed by atoms with Crippen LogP contribution in [0, 0.1) is 12.7 Å². The molecule has 19 heavy (non-hydrogen) atoms. The third kappa shape index (κ3) is 3.28. The smallest absolute Gasteiger partial charge is 0.328 e. The number of carboxylic acid groups (broad SMARTS) is 1. The van der Waals surface area contributed by atoms with Crippen LogP contribution in [-0.4, -0.2) is 11.1 Å². The second kappa shape index (κ2) is 5.48. The average Bonchev–Trinajstić information content (AvgIpc) is 2.38. The monoisotopic (exact) mass is 256 g/mol. The van der Waals surface area contributed by atoms with Gasteiger partial charge in [0.15, 0.2) is 0 Å². The Labute approximate surface area is 110 Å². The standard InChI is InChI=1S/C16H13FO2/c1-11-2-4-12(5-3-11)15(10-16(18)19)13-6-8-14(17)9-7-13/h2-10H,1H3,(H,18,19)/b15-10-. The van der Waals surface area contributed by atoms with Gasteiger partial charge in [-0.3, -0.25) is 0 Å². The van der Waals surface area contributed by atoms with Crippen LogP contribution in [-0.2, 0) is 4.79 Å². The van der Waals surface area contributed by atoms with Crippen molar-refractivity contribution in [2.24, 2.45) is 0 Å². The van der Waals surface area contributed by atoms with Gasteiger partial charge >= 0.3 is 5.97 Å². The Morgan fingerprint density at radius 1 is 1.00 bits per heavy atom. The van der Waals surface area contributed by atoms with E-state index in [0.717, 1.165) is 17.2 Å². The van der Waals surface area contributed by atoms with Crippen molar-refractivity contribution in [2.45, 2.75) is 6.92 Å². The predicted molar refractivity (Wildman–Crippen MR) is 72.3 cm³/mol. The number of hydrogen-bond acceptors (Lipinski definition) is 1. The van der Waals surface area contributed by atoms with E-state index in [4.69, 9.17) is 5.11 Å². The van der Waals surface area contributed by atoms with Gasteiger partial charge in [-0.15, -0.1) is 0 Å². The SMILES string of the molecule is Cc1ccc(/C(=C/C(=O)O)c2ccc(F)cc2)cc1. The second-order valence-corrected chi connectivity index (χ2v) is 4.27. The molecule has 0 bridgehead atoms. The summed E-state index contributed by atoms with van der Waals surface area (Å²) in [7, 11) is 0. The van der Waals surface area contributed by atoms with Crippen LogP contribution in [0.4, 0.5) is 4.39 Å². The van der Waals surface area contributed by atoms with Gasteiger partial charge in [0.25, 0.3) is 0 Å². The Morgan fingerprint density at radius 2 is 1.47 bits per heavy atom. The first kappa shape index (κ1) is 13.0. The van der Waals surface area contributed by atoms with Crippen LogP contribution >= 0.6 is 0 Å². The molecule has 0 aromatic heterocycles. The van der Waals surface area contributed by atoms with Gasteiger partial charge in [0.05, 0.1) is 0 Å². The van der Waals surface area contributed by atoms with Gasteiger partial charge in [-0.1, -0.05) is 42.0 Å². The van der Waals surface area contributed by atoms with Crippen molar-refractivity contribution in [3.8, 4) is 0 Å². The van der Waals surface area contributed by atoms with Crippen LogP contribution in [0.2, 0.25) is 0 Å². The number of hydrogen-bond donors (Lipinski definition) is 1. The van der Waals surface area contributed by atoms with Gasteiger partial charge in [-0.25, -0.2) is 9.18 Å². The first-order valence-corrected chi connectivity index (χ1v) is 5.84. The van der Waals surface area contributed by atoms with Crippen molar-refractivity contribution in [1.82, 2.24) is 0 Å². The van der Waals surface area contributed by atoms with Crippen molar-refractivity contribution in [3.05, 3.63) is 77.1 Å². The summed E-state index contributed by atoms with van der Waals surface area (Å²) in [4.78, 5) is 10.9. The average molecular weight is 256 g/mol. The molecule has 1 N–H and O–H groups in total. The highest BCUT2D eigenvalue weighted by Crippen LogP contribution is 2.24. The Bertz CT molecular complexity index is 563. The molecule has 0 aliphatic rings. The van der Waals surface area contributed by atoms with Crippen molar-refractivity contribution < 1.29 is 14.3 Å². The first-order chi connectivity index (χ1) is 9.06. The third-order valence-electron chi connectivity index (χ3n) is 2.79. The topological polar surface area (TPSA) is 37.3 Å². The molecule has 0 atom stereocenters. The van der Waals surface area contributed by atoms with Crippen LogP contribution < -0.4 is 0 Å². The van der Waals surface area contributed by atoms with Crippen LogP contribution in [0.1, 0.15) is 16.7 Å². The zero-order valence-electron chi connectivity index (χ0n) is 10.4. The van der Waals surface area contributed by atoms with Crippen LogP contribution in [0.3, 0.4) is 0 Å². The number of aryl methyl sites for hydroxylation is 1. The number of benzene rings is 2. The summed E-state index contributed by atoms with van der Waals surface area (Å²) >= 11 is 0. The minimum atomic E-state index is -1.03. The molecule has 0 saturated carbocycles. The second-order valence-electron chi connectivity index (χ2n) is 4.27. The number of rotatable bonds is 3. The Hall–Kier alpha value is -2.42. The van der Waals surface area contributed by atoms with Gasteiger partial charge < -0.3 is 5.11 Å². The number of carbonyl (C=O) groups is 1. The maximum Gasteiger partial charge on any atom is 0.328 e. The van der Waals surface area contributed by atoms with E-state index < -0.39 is 5.97 Å². The lowest BCUT2D eigenvalue weighted by Crippen LogP contribution is -1.95. The Kier molecular flexibility index (Phi) is 3.76. The highest BCUT2D eigenvalue weighted by molar-refractivity contribution is 5.95. The molecular weight excluding hydrogens is 243 g/mol. The summed E-state index contributed by atoms with van der Waals surface area (Å²) in [5.41, 5.74) is 3.12. The van der Waals surface area contributed by atoms with E-state index in [1.807, 2.05) is 31.2 Å². The third-order valence-corrected chi connectivity index (χ3v) is 2.79. The molecular formula is C16H13FO2. The summed E-state index contributed by atoms with van der Waals surface area (Å²) < 4.78 is 12.9. The molecule has 0 amide bonds. The zero-order chi connectivity index (χ0) is 13.8. The van der Waals surface area contributed by atoms with Crippen LogP contribution in [0.15, 0.2) is 54.6 Å². The van der Waals surface area contributed by atoms with Crippen LogP contribution in [0.25, 0.3) is 5.57 Å². The quantitative estimate of drug-likeness (QED) is 0.851. The van der Waals surface area contributed by atoms with E-state index in [-0.39, 0.29) is 5.82 Å². The van der Waals surface area contributed by atoms with Crippen molar-refractivity contribution in [1.29, 1.82) is 0 Å². The van der Waals surface area contributed by atoms with E-state index in [1.165, 1.54) is 12.1 Å².